The number of carbonyl (C=O) groups excluding carboxylic acids is 1. The van der Waals surface area contributed by atoms with Gasteiger partial charge in [-0.1, -0.05) is 11.6 Å². The number of rotatable bonds is 0. The highest BCUT2D eigenvalue weighted by molar-refractivity contribution is 6.47. The van der Waals surface area contributed by atoms with Crippen molar-refractivity contribution >= 4 is 23.1 Å². The van der Waals surface area contributed by atoms with E-state index in [0.29, 0.717) is 0 Å². The molecular formula is C6H3ClN2O. The molecule has 0 saturated heterocycles. The minimum atomic E-state index is -0.269. The molecule has 10 heavy (non-hydrogen) atoms. The van der Waals surface area contributed by atoms with Gasteiger partial charge in [0.2, 0.25) is 0 Å². The lowest BCUT2D eigenvalue weighted by molar-refractivity contribution is -0.110. The normalized spacial score (nSPS) is 16.7. The zero-order chi connectivity index (χ0) is 7.56. The van der Waals surface area contributed by atoms with Crippen molar-refractivity contribution in [2.45, 2.75) is 0 Å². The van der Waals surface area contributed by atoms with E-state index in [2.05, 4.69) is 4.79 Å². The Hall–Kier alpha value is -1.18. The van der Waals surface area contributed by atoms with E-state index in [9.17, 15) is 4.79 Å². The molecule has 0 amide bonds. The van der Waals surface area contributed by atoms with Crippen molar-refractivity contribution in [2.24, 2.45) is 0 Å². The maximum atomic E-state index is 10.6. The van der Waals surface area contributed by atoms with Crippen molar-refractivity contribution in [1.82, 2.24) is 0 Å². The smallest absolute Gasteiger partial charge is 0.317 e. The van der Waals surface area contributed by atoms with Gasteiger partial charge in [0, 0.05) is 6.08 Å². The number of allylic oxidation sites excluding steroid dienone is 4. The summed E-state index contributed by atoms with van der Waals surface area (Å²) in [5.74, 6) is -0.269. The van der Waals surface area contributed by atoms with Gasteiger partial charge in [-0.3, -0.25) is 4.79 Å². The largest absolute Gasteiger partial charge is 0.361 e. The highest BCUT2D eigenvalue weighted by atomic mass is 35.5. The Kier molecular flexibility index (Phi) is 1.81. The summed E-state index contributed by atoms with van der Waals surface area (Å²) in [5, 5.41) is 0.0651. The van der Waals surface area contributed by atoms with Gasteiger partial charge in [0.15, 0.2) is 5.78 Å². The van der Waals surface area contributed by atoms with Crippen LogP contribution in [-0.4, -0.2) is 16.3 Å². The third-order valence-electron chi connectivity index (χ3n) is 1.03. The number of nitrogens with zero attached hydrogens (tertiary/aromatic N) is 2. The fourth-order valence-electron chi connectivity index (χ4n) is 0.552. The molecule has 1 aliphatic rings. The van der Waals surface area contributed by atoms with Crippen LogP contribution in [0, 0.1) is 0 Å². The molecule has 3 nitrogen and oxygen atoms in total. The molecule has 0 radical (unpaired) electrons. The van der Waals surface area contributed by atoms with E-state index in [0.717, 1.165) is 0 Å². The van der Waals surface area contributed by atoms with Crippen LogP contribution in [0.15, 0.2) is 23.3 Å². The summed E-state index contributed by atoms with van der Waals surface area (Å²) in [6.45, 7) is 0. The fourth-order valence-corrected chi connectivity index (χ4v) is 0.727. The van der Waals surface area contributed by atoms with E-state index in [-0.39, 0.29) is 16.5 Å². The van der Waals surface area contributed by atoms with Crippen molar-refractivity contribution in [3.05, 3.63) is 28.8 Å². The van der Waals surface area contributed by atoms with Gasteiger partial charge in [0.05, 0.1) is 11.1 Å². The molecular weight excluding hydrogens is 152 g/mol. The van der Waals surface area contributed by atoms with Crippen molar-refractivity contribution in [2.75, 3.05) is 0 Å². The monoisotopic (exact) mass is 154 g/mol. The zero-order valence-corrected chi connectivity index (χ0v) is 5.67. The van der Waals surface area contributed by atoms with Gasteiger partial charge < -0.3 is 5.53 Å². The quantitative estimate of drug-likeness (QED) is 0.291. The molecule has 0 bridgehead atoms. The first-order chi connectivity index (χ1) is 4.74. The Morgan fingerprint density at radius 1 is 1.50 bits per heavy atom. The highest BCUT2D eigenvalue weighted by Crippen LogP contribution is 2.08. The maximum absolute atomic E-state index is 10.6. The summed E-state index contributed by atoms with van der Waals surface area (Å²) in [7, 11) is 0. The second-order valence-corrected chi connectivity index (χ2v) is 2.12. The van der Waals surface area contributed by atoms with Crippen molar-refractivity contribution in [3.63, 3.8) is 0 Å². The average Bonchev–Trinajstić information content (AvgIpc) is 1.95. The molecule has 0 aromatic carbocycles. The van der Waals surface area contributed by atoms with Crippen LogP contribution in [0.25, 0.3) is 5.53 Å². The molecule has 50 valence electrons. The molecule has 0 heterocycles. The van der Waals surface area contributed by atoms with Crippen LogP contribution in [0.4, 0.5) is 0 Å². The molecule has 1 rings (SSSR count). The topological polar surface area (TPSA) is 53.5 Å². The molecule has 0 unspecified atom stereocenters. The molecule has 4 heteroatoms. The van der Waals surface area contributed by atoms with E-state index in [4.69, 9.17) is 17.1 Å². The number of hydrogen-bond donors (Lipinski definition) is 0. The third kappa shape index (κ3) is 1.21. The maximum Gasteiger partial charge on any atom is 0.317 e. The zero-order valence-electron chi connectivity index (χ0n) is 4.91. The molecule has 0 spiro atoms. The predicted octanol–water partition coefficient (Wildman–Crippen LogP) is 0.919. The van der Waals surface area contributed by atoms with E-state index in [1.807, 2.05) is 0 Å². The SMILES string of the molecule is [N-]=[N+]=C1C=CC(=O)C(Cl)=C1. The Bertz CT molecular complexity index is 284. The Morgan fingerprint density at radius 3 is 2.70 bits per heavy atom. The second kappa shape index (κ2) is 2.60. The van der Waals surface area contributed by atoms with Crippen LogP contribution in [0.3, 0.4) is 0 Å². The number of carbonyl (C=O) groups is 1. The van der Waals surface area contributed by atoms with Crippen molar-refractivity contribution < 1.29 is 9.58 Å². The molecule has 0 atom stereocenters. The Balaban J connectivity index is 3.06. The summed E-state index contributed by atoms with van der Waals surface area (Å²) in [6, 6.07) is 0. The van der Waals surface area contributed by atoms with E-state index in [1.165, 1.54) is 18.2 Å². The number of halogens is 1. The third-order valence-corrected chi connectivity index (χ3v) is 1.33. The number of hydrogen-bond acceptors (Lipinski definition) is 1. The van der Waals surface area contributed by atoms with Crippen LogP contribution < -0.4 is 0 Å². The van der Waals surface area contributed by atoms with Crippen molar-refractivity contribution in [3.8, 4) is 0 Å². The van der Waals surface area contributed by atoms with Gasteiger partial charge in [-0.15, -0.1) is 0 Å². The summed E-state index contributed by atoms with van der Waals surface area (Å²) in [4.78, 5) is 13.5. The van der Waals surface area contributed by atoms with Crippen LogP contribution in [-0.2, 0) is 4.79 Å². The van der Waals surface area contributed by atoms with Crippen LogP contribution >= 0.6 is 11.6 Å². The van der Waals surface area contributed by atoms with E-state index < -0.39 is 0 Å². The first kappa shape index (κ1) is 6.93. The second-order valence-electron chi connectivity index (χ2n) is 1.71. The lowest BCUT2D eigenvalue weighted by Crippen LogP contribution is -2.03. The van der Waals surface area contributed by atoms with Crippen LogP contribution in [0.1, 0.15) is 0 Å². The fraction of sp³-hybridized carbons (Fsp3) is 0. The Morgan fingerprint density at radius 2 is 2.20 bits per heavy atom. The molecule has 0 fully saturated rings. The predicted molar refractivity (Wildman–Crippen MR) is 36.7 cm³/mol. The van der Waals surface area contributed by atoms with Gasteiger partial charge in [0.1, 0.15) is 0 Å². The van der Waals surface area contributed by atoms with Crippen molar-refractivity contribution in [1.29, 1.82) is 0 Å². The van der Waals surface area contributed by atoms with Crippen LogP contribution in [0.5, 0.6) is 0 Å². The Labute approximate surface area is 62.2 Å². The van der Waals surface area contributed by atoms with Gasteiger partial charge in [-0.25, -0.2) is 0 Å². The van der Waals surface area contributed by atoms with Gasteiger partial charge in [-0.05, 0) is 6.08 Å². The van der Waals surface area contributed by atoms with E-state index >= 15 is 0 Å². The molecule has 0 aromatic heterocycles. The van der Waals surface area contributed by atoms with Gasteiger partial charge >= 0.3 is 5.71 Å². The lowest BCUT2D eigenvalue weighted by Gasteiger charge is -1.92. The minimum absolute atomic E-state index is 0.0651. The summed E-state index contributed by atoms with van der Waals surface area (Å²) < 4.78 is 0. The number of ketones is 1. The summed E-state index contributed by atoms with van der Waals surface area (Å²) in [6.07, 6.45) is 3.93. The molecule has 0 aromatic rings. The molecule has 0 N–H and O–H groups in total. The molecule has 0 aliphatic heterocycles. The standard InChI is InChI=1S/C6H3ClN2O/c7-5-3-4(9-8)1-2-6(5)10/h1-3H. The van der Waals surface area contributed by atoms with Gasteiger partial charge in [0.25, 0.3) is 0 Å². The molecule has 0 saturated carbocycles. The average molecular weight is 155 g/mol. The first-order valence-electron chi connectivity index (χ1n) is 2.55. The van der Waals surface area contributed by atoms with Crippen LogP contribution in [0.2, 0.25) is 0 Å². The van der Waals surface area contributed by atoms with E-state index in [1.54, 1.807) is 0 Å². The summed E-state index contributed by atoms with van der Waals surface area (Å²) in [5.41, 5.74) is 8.50. The summed E-state index contributed by atoms with van der Waals surface area (Å²) >= 11 is 5.41. The van der Waals surface area contributed by atoms with Gasteiger partial charge in [-0.2, -0.15) is 4.79 Å². The minimum Gasteiger partial charge on any atom is -0.361 e. The highest BCUT2D eigenvalue weighted by Gasteiger charge is 2.12. The first-order valence-corrected chi connectivity index (χ1v) is 2.93. The lowest BCUT2D eigenvalue weighted by atomic mass is 10.2. The molecule has 1 aliphatic carbocycles.